The molecule has 0 radical (unpaired) electrons. The molecule has 2 aliphatic heterocycles. The van der Waals surface area contributed by atoms with E-state index in [0.29, 0.717) is 12.6 Å². The maximum absolute atomic E-state index is 12.6. The average Bonchev–Trinajstić information content (AvgIpc) is 2.71. The van der Waals surface area contributed by atoms with Gasteiger partial charge in [-0.3, -0.25) is 15.1 Å². The number of nitrogens with zero attached hydrogens (tertiary/aromatic N) is 1. The van der Waals surface area contributed by atoms with Crippen LogP contribution in [0.15, 0.2) is 29.3 Å². The summed E-state index contributed by atoms with van der Waals surface area (Å²) in [4.78, 5) is 17.0. The summed E-state index contributed by atoms with van der Waals surface area (Å²) in [5, 5.41) is 6.16. The molecule has 0 saturated carbocycles. The van der Waals surface area contributed by atoms with Crippen LogP contribution < -0.4 is 15.4 Å². The van der Waals surface area contributed by atoms with Gasteiger partial charge >= 0.3 is 0 Å². The number of guanidine groups is 1. The second-order valence-corrected chi connectivity index (χ2v) is 5.67. The lowest BCUT2D eigenvalue weighted by atomic mass is 9.77. The van der Waals surface area contributed by atoms with Crippen molar-refractivity contribution in [1.29, 1.82) is 0 Å². The molecule has 5 nitrogen and oxygen atoms in total. The van der Waals surface area contributed by atoms with Gasteiger partial charge in [0.05, 0.1) is 6.61 Å². The summed E-state index contributed by atoms with van der Waals surface area (Å²) in [5.41, 5.74) is 0.105. The Morgan fingerprint density at radius 1 is 1.40 bits per heavy atom. The van der Waals surface area contributed by atoms with E-state index in [1.165, 1.54) is 0 Å². The topological polar surface area (TPSA) is 62.7 Å². The predicted molar refractivity (Wildman–Crippen MR) is 76.6 cm³/mol. The number of carbonyl (C=O) groups excluding carboxylic acids is 1. The van der Waals surface area contributed by atoms with Crippen LogP contribution in [0.3, 0.4) is 0 Å². The molecule has 1 fully saturated rings. The van der Waals surface area contributed by atoms with Crippen molar-refractivity contribution in [3.63, 3.8) is 0 Å². The van der Waals surface area contributed by atoms with Crippen molar-refractivity contribution in [3.8, 4) is 5.75 Å². The highest BCUT2D eigenvalue weighted by Gasteiger charge is 2.54. The minimum absolute atomic E-state index is 0.0252. The van der Waals surface area contributed by atoms with Crippen molar-refractivity contribution in [2.24, 2.45) is 10.9 Å². The number of benzene rings is 1. The number of para-hydroxylation sites is 1. The van der Waals surface area contributed by atoms with E-state index in [1.54, 1.807) is 0 Å². The summed E-state index contributed by atoms with van der Waals surface area (Å²) < 4.78 is 5.73. The van der Waals surface area contributed by atoms with Crippen molar-refractivity contribution < 1.29 is 9.53 Å². The zero-order valence-electron chi connectivity index (χ0n) is 11.9. The molecule has 1 aromatic carbocycles. The zero-order valence-corrected chi connectivity index (χ0v) is 11.9. The highest BCUT2D eigenvalue weighted by Crippen LogP contribution is 2.41. The maximum atomic E-state index is 12.6. The third kappa shape index (κ3) is 1.77. The molecule has 2 aliphatic rings. The molecule has 2 N–H and O–H groups in total. The summed E-state index contributed by atoms with van der Waals surface area (Å²) in [5.74, 6) is 1.28. The van der Waals surface area contributed by atoms with E-state index in [9.17, 15) is 4.79 Å². The fourth-order valence-corrected chi connectivity index (χ4v) is 2.86. The smallest absolute Gasteiger partial charge is 0.257 e. The van der Waals surface area contributed by atoms with E-state index in [4.69, 9.17) is 4.74 Å². The van der Waals surface area contributed by atoms with E-state index in [-0.39, 0.29) is 17.9 Å². The lowest BCUT2D eigenvalue weighted by Gasteiger charge is -2.38. The molecule has 3 rings (SSSR count). The van der Waals surface area contributed by atoms with Gasteiger partial charge in [0, 0.05) is 17.5 Å². The largest absolute Gasteiger partial charge is 0.493 e. The van der Waals surface area contributed by atoms with Gasteiger partial charge in [0.1, 0.15) is 5.75 Å². The van der Waals surface area contributed by atoms with Gasteiger partial charge in [-0.25, -0.2) is 0 Å². The second-order valence-electron chi connectivity index (χ2n) is 5.67. The Hall–Kier alpha value is -2.04. The van der Waals surface area contributed by atoms with Gasteiger partial charge in [0.25, 0.3) is 5.91 Å². The average molecular weight is 273 g/mol. The summed E-state index contributed by atoms with van der Waals surface area (Å²) >= 11 is 0. The number of ether oxygens (including phenoxy) is 1. The van der Waals surface area contributed by atoms with E-state index in [0.717, 1.165) is 11.3 Å². The van der Waals surface area contributed by atoms with Crippen molar-refractivity contribution in [3.05, 3.63) is 29.8 Å². The monoisotopic (exact) mass is 273 g/mol. The molecular formula is C15H19N3O2. The van der Waals surface area contributed by atoms with Gasteiger partial charge < -0.3 is 10.1 Å². The molecular weight excluding hydrogens is 254 g/mol. The molecule has 1 spiro atoms. The number of hydrogen-bond donors (Lipinski definition) is 2. The number of nitrogens with one attached hydrogen (secondary N) is 2. The number of carbonyl (C=O) groups is 1. The van der Waals surface area contributed by atoms with Crippen molar-refractivity contribution in [1.82, 2.24) is 10.6 Å². The predicted octanol–water partition coefficient (Wildman–Crippen LogP) is 1.39. The standard InChI is InChI=1S/C15H19N3O2/c1-9(2)16-14-17-13(19)15(18-14)10(3)8-20-12-7-5-4-6-11(12)15/h4-7,9-10H,8H2,1-3H3,(H2,16,17,18,19). The third-order valence-electron chi connectivity index (χ3n) is 3.83. The first-order valence-corrected chi connectivity index (χ1v) is 6.94. The Labute approximate surface area is 118 Å². The van der Waals surface area contributed by atoms with Gasteiger partial charge in [-0.05, 0) is 19.9 Å². The molecule has 1 saturated heterocycles. The van der Waals surface area contributed by atoms with E-state index >= 15 is 0 Å². The fraction of sp³-hybridized carbons (Fsp3) is 0.467. The van der Waals surface area contributed by atoms with Crippen LogP contribution in [-0.2, 0) is 10.3 Å². The molecule has 5 heteroatoms. The molecule has 1 amide bonds. The quantitative estimate of drug-likeness (QED) is 0.813. The first-order chi connectivity index (χ1) is 9.54. The lowest BCUT2D eigenvalue weighted by Crippen LogP contribution is -2.53. The fourth-order valence-electron chi connectivity index (χ4n) is 2.86. The van der Waals surface area contributed by atoms with Crippen LogP contribution in [0.25, 0.3) is 0 Å². The molecule has 20 heavy (non-hydrogen) atoms. The summed E-state index contributed by atoms with van der Waals surface area (Å²) in [7, 11) is 0. The van der Waals surface area contributed by atoms with Gasteiger partial charge in [-0.2, -0.15) is 0 Å². The SMILES string of the molecule is CC(C)N=C1NC(=O)C2(N1)c1ccccc1OCC2C. The van der Waals surface area contributed by atoms with Crippen molar-refractivity contribution in [2.45, 2.75) is 32.4 Å². The van der Waals surface area contributed by atoms with Crippen LogP contribution in [0.2, 0.25) is 0 Å². The molecule has 2 heterocycles. The number of hydrogen-bond acceptors (Lipinski definition) is 3. The molecule has 106 valence electrons. The molecule has 0 aromatic heterocycles. The summed E-state index contributed by atoms with van der Waals surface area (Å²) in [6, 6.07) is 7.80. The van der Waals surface area contributed by atoms with Gasteiger partial charge in [0.15, 0.2) is 11.5 Å². The highest BCUT2D eigenvalue weighted by atomic mass is 16.5. The Kier molecular flexibility index (Phi) is 2.92. The Balaban J connectivity index is 2.10. The lowest BCUT2D eigenvalue weighted by molar-refractivity contribution is -0.127. The minimum Gasteiger partial charge on any atom is -0.493 e. The van der Waals surface area contributed by atoms with Crippen molar-refractivity contribution >= 4 is 11.9 Å². The van der Waals surface area contributed by atoms with Gasteiger partial charge in [-0.1, -0.05) is 25.1 Å². The van der Waals surface area contributed by atoms with Crippen LogP contribution in [0.5, 0.6) is 5.75 Å². The molecule has 1 aromatic rings. The van der Waals surface area contributed by atoms with E-state index < -0.39 is 5.54 Å². The van der Waals surface area contributed by atoms with Crippen LogP contribution in [0, 0.1) is 5.92 Å². The number of amides is 1. The third-order valence-corrected chi connectivity index (χ3v) is 3.83. The second kappa shape index (κ2) is 4.51. The van der Waals surface area contributed by atoms with Crippen LogP contribution in [0.1, 0.15) is 26.3 Å². The number of rotatable bonds is 1. The normalized spacial score (nSPS) is 30.1. The van der Waals surface area contributed by atoms with Gasteiger partial charge in [-0.15, -0.1) is 0 Å². The Morgan fingerprint density at radius 3 is 2.90 bits per heavy atom. The molecule has 2 unspecified atom stereocenters. The number of fused-ring (bicyclic) bond motifs is 2. The maximum Gasteiger partial charge on any atom is 0.257 e. The van der Waals surface area contributed by atoms with Crippen LogP contribution >= 0.6 is 0 Å². The zero-order chi connectivity index (χ0) is 14.3. The molecule has 0 bridgehead atoms. The highest BCUT2D eigenvalue weighted by molar-refractivity contribution is 6.10. The minimum atomic E-state index is -0.775. The van der Waals surface area contributed by atoms with Crippen molar-refractivity contribution in [2.75, 3.05) is 6.61 Å². The molecule has 0 aliphatic carbocycles. The number of aliphatic imine (C=N–C) groups is 1. The van der Waals surface area contributed by atoms with Crippen LogP contribution in [-0.4, -0.2) is 24.5 Å². The van der Waals surface area contributed by atoms with E-state index in [2.05, 4.69) is 15.6 Å². The first kappa shape index (κ1) is 13.0. The van der Waals surface area contributed by atoms with Crippen LogP contribution in [0.4, 0.5) is 0 Å². The van der Waals surface area contributed by atoms with E-state index in [1.807, 2.05) is 45.0 Å². The first-order valence-electron chi connectivity index (χ1n) is 6.94. The molecule has 2 atom stereocenters. The summed E-state index contributed by atoms with van der Waals surface area (Å²) in [6.07, 6.45) is 0. The Morgan fingerprint density at radius 2 is 2.15 bits per heavy atom. The summed E-state index contributed by atoms with van der Waals surface area (Å²) in [6.45, 7) is 6.48. The van der Waals surface area contributed by atoms with Gasteiger partial charge in [0.2, 0.25) is 0 Å². The Bertz CT molecular complexity index is 582.